The monoisotopic (exact) mass is 395 g/mol. The zero-order valence-electron chi connectivity index (χ0n) is 6.24. The van der Waals surface area contributed by atoms with Gasteiger partial charge < -0.3 is 31.5 Å². The second-order valence-electron chi connectivity index (χ2n) is 0.105. The van der Waals surface area contributed by atoms with Crippen LogP contribution in [0.4, 0.5) is 0 Å². The van der Waals surface area contributed by atoms with Crippen LogP contribution >= 0.6 is 7.80 Å². The Hall–Kier alpha value is 1.16. The third-order valence-electron chi connectivity index (χ3n) is 0. The van der Waals surface area contributed by atoms with E-state index >= 15 is 0 Å². The van der Waals surface area contributed by atoms with Crippen LogP contribution in [0.1, 0.15) is 0 Å². The molecule has 0 rings (SSSR count). The third-order valence-corrected chi connectivity index (χ3v) is 0. The topological polar surface area (TPSA) is 177 Å². The average molecular weight is 395 g/mol. The Labute approximate surface area is 107 Å². The molecule has 0 bridgehead atoms. The second kappa shape index (κ2) is 324. The van der Waals surface area contributed by atoms with Crippen molar-refractivity contribution in [3.63, 3.8) is 0 Å². The number of rotatable bonds is 0. The van der Waals surface area contributed by atoms with E-state index in [0.29, 0.717) is 0 Å². The van der Waals surface area contributed by atoms with Gasteiger partial charge in [0.2, 0.25) is 0 Å². The Morgan fingerprint density at radius 2 is 0.833 bits per heavy atom. The minimum Gasteiger partial charge on any atom is 0 e. The number of carbonyl (C=O) groups excluding carboxylic acids is 2. The number of hydrogen-bond donors (Lipinski definition) is 0. The molecule has 7 nitrogen and oxygen atoms in total. The van der Waals surface area contributed by atoms with Gasteiger partial charge in [-0.3, -0.25) is 0 Å². The molecular weight excluding hydrogens is 381 g/mol. The maximum absolute atomic E-state index is 8.99. The van der Waals surface area contributed by atoms with Crippen LogP contribution in [-0.4, -0.2) is 50.7 Å². The van der Waals surface area contributed by atoms with Crippen molar-refractivity contribution in [3.05, 3.63) is 0 Å². The van der Waals surface area contributed by atoms with Crippen LogP contribution < -0.4 is 0 Å². The Balaban J connectivity index is -0.00000000281. The van der Waals surface area contributed by atoms with E-state index in [2.05, 4.69) is 7.80 Å². The fraction of sp³-hybridized carbons (Fsp3) is 0. The molecule has 0 aliphatic rings. The van der Waals surface area contributed by atoms with E-state index in [4.69, 9.17) is 13.3 Å². The normalized spacial score (nSPS) is 2.42. The molecule has 0 fully saturated rings. The molecule has 8 N–H and O–H groups in total. The molecule has 0 spiro atoms. The molecule has 0 saturated carbocycles. The molecule has 1 unspecified atom stereocenters. The largest absolute Gasteiger partial charge is 0 e. The minimum absolute atomic E-state index is 0. The molecule has 0 aromatic heterocycles. The molecule has 10 heteroatoms. The molecule has 1 atom stereocenters. The smallest absolute Gasteiger partial charge is 0 e. The quantitative estimate of drug-likeness (QED) is 0.302. The van der Waals surface area contributed by atoms with Gasteiger partial charge in [0.1, 0.15) is 13.6 Å². The van der Waals surface area contributed by atoms with E-state index in [1.54, 1.807) is 0 Å². The molecule has 0 amide bonds. The van der Waals surface area contributed by atoms with E-state index < -0.39 is 15.2 Å². The van der Waals surface area contributed by atoms with Gasteiger partial charge in [-0.1, -0.05) is 0 Å². The summed E-state index contributed by atoms with van der Waals surface area (Å²) in [4.78, 5) is 16.0. The molecule has 0 aromatic carbocycles. The molecular formula is C2H14AsLaO7P. The van der Waals surface area contributed by atoms with Gasteiger partial charge in [-0.15, -0.1) is 0 Å². The van der Waals surface area contributed by atoms with Crippen LogP contribution in [0.2, 0.25) is 0 Å². The first-order chi connectivity index (χ1) is 3.41. The van der Waals surface area contributed by atoms with Crippen molar-refractivity contribution in [2.75, 3.05) is 0 Å². The number of carbonyl (C=O) groups is 2. The minimum atomic E-state index is -0.646. The summed E-state index contributed by atoms with van der Waals surface area (Å²) in [5.74, 6) is 0. The molecule has 0 aliphatic carbocycles. The van der Waals surface area contributed by atoms with E-state index in [0.717, 1.165) is 0 Å². The van der Waals surface area contributed by atoms with Crippen LogP contribution in [0.15, 0.2) is 0 Å². The van der Waals surface area contributed by atoms with Crippen molar-refractivity contribution >= 4 is 36.6 Å². The molecule has 12 heavy (non-hydrogen) atoms. The van der Waals surface area contributed by atoms with Gasteiger partial charge in [0.25, 0.3) is 0 Å². The number of hydrogen-bond acceptors (Lipinski definition) is 3. The van der Waals surface area contributed by atoms with Gasteiger partial charge in [-0.2, -0.15) is 0 Å². The fourth-order valence-corrected chi connectivity index (χ4v) is 0. The van der Waals surface area contributed by atoms with E-state index in [1.807, 2.05) is 13.6 Å². The first-order valence-corrected chi connectivity index (χ1v) is 5.55. The van der Waals surface area contributed by atoms with Gasteiger partial charge in [0.05, 0.1) is 0 Å². The summed E-state index contributed by atoms with van der Waals surface area (Å²) in [7, 11) is 2.12. The summed E-state index contributed by atoms with van der Waals surface area (Å²) in [6.07, 6.45) is 0. The SMILES string of the molecule is C=O.C=O.O.O.O.O.O=[As]P.[La]. The van der Waals surface area contributed by atoms with Crippen LogP contribution in [0.25, 0.3) is 0 Å². The molecule has 0 heterocycles. The summed E-state index contributed by atoms with van der Waals surface area (Å²) in [5.41, 5.74) is 0. The van der Waals surface area contributed by atoms with Crippen molar-refractivity contribution in [2.24, 2.45) is 0 Å². The van der Waals surface area contributed by atoms with Gasteiger partial charge in [0.15, 0.2) is 0 Å². The van der Waals surface area contributed by atoms with E-state index in [1.165, 1.54) is 0 Å². The fourth-order valence-electron chi connectivity index (χ4n) is 0. The van der Waals surface area contributed by atoms with Crippen molar-refractivity contribution in [2.45, 2.75) is 0 Å². The van der Waals surface area contributed by atoms with Gasteiger partial charge in [-0.05, 0) is 0 Å². The van der Waals surface area contributed by atoms with E-state index in [-0.39, 0.29) is 57.5 Å². The molecule has 0 aromatic rings. The summed E-state index contributed by atoms with van der Waals surface area (Å²) in [5, 5.41) is 0. The summed E-state index contributed by atoms with van der Waals surface area (Å²) >= 11 is -0.646. The van der Waals surface area contributed by atoms with Crippen LogP contribution in [-0.2, 0) is 13.3 Å². The zero-order valence-corrected chi connectivity index (χ0v) is 12.9. The van der Waals surface area contributed by atoms with Crippen molar-refractivity contribution in [1.82, 2.24) is 0 Å². The van der Waals surface area contributed by atoms with Crippen LogP contribution in [0.5, 0.6) is 0 Å². The Morgan fingerprint density at radius 3 is 0.833 bits per heavy atom. The summed E-state index contributed by atoms with van der Waals surface area (Å²) in [6, 6.07) is 0. The summed E-state index contributed by atoms with van der Waals surface area (Å²) < 4.78 is 8.99. The first kappa shape index (κ1) is 73.0. The van der Waals surface area contributed by atoms with Crippen molar-refractivity contribution < 1.29 is 70.8 Å². The predicted molar refractivity (Wildman–Crippen MR) is 44.8 cm³/mol. The van der Waals surface area contributed by atoms with Gasteiger partial charge in [-0.25, -0.2) is 0 Å². The Morgan fingerprint density at radius 1 is 0.833 bits per heavy atom. The predicted octanol–water partition coefficient (Wildman–Crippen LogP) is -3.84. The standard InChI is InChI=1S/2CH2O.AsH2OP.La.4H2O/c2*1-2;2-1-3;;;;;/h2*1H2;3H2;;4*1H2. The summed E-state index contributed by atoms with van der Waals surface area (Å²) in [6.45, 7) is 4.00. The van der Waals surface area contributed by atoms with Gasteiger partial charge >= 0.3 is 26.8 Å². The first-order valence-electron chi connectivity index (χ1n) is 1.02. The van der Waals surface area contributed by atoms with Gasteiger partial charge in [0, 0.05) is 35.6 Å². The van der Waals surface area contributed by atoms with Crippen molar-refractivity contribution in [1.29, 1.82) is 0 Å². The second-order valence-corrected chi connectivity index (χ2v) is 1.64. The van der Waals surface area contributed by atoms with Crippen LogP contribution in [0, 0.1) is 35.6 Å². The zero-order chi connectivity index (χ0) is 6.71. The molecule has 0 saturated heterocycles. The third kappa shape index (κ3) is 852. The van der Waals surface area contributed by atoms with Crippen LogP contribution in [0.3, 0.4) is 0 Å². The maximum atomic E-state index is 8.99. The molecule has 77 valence electrons. The Bertz CT molecular complexity index is 40.6. The maximum Gasteiger partial charge on any atom is 0 e. The molecule has 0 aliphatic heterocycles. The van der Waals surface area contributed by atoms with E-state index in [9.17, 15) is 0 Å². The molecule has 1 radical (unpaired) electrons. The van der Waals surface area contributed by atoms with Crippen molar-refractivity contribution in [3.8, 4) is 0 Å². The average Bonchev–Trinajstić information content (AvgIpc) is 1.78. The Kier molecular flexibility index (Phi) is 1970.